The van der Waals surface area contributed by atoms with Crippen molar-refractivity contribution in [1.82, 2.24) is 4.90 Å². The summed E-state index contributed by atoms with van der Waals surface area (Å²) in [5, 5.41) is 10.6. The minimum atomic E-state index is -0.471. The quantitative estimate of drug-likeness (QED) is 0.665. The van der Waals surface area contributed by atoms with Gasteiger partial charge >= 0.3 is 0 Å². The molecule has 2 fully saturated rings. The van der Waals surface area contributed by atoms with E-state index in [9.17, 15) is 14.9 Å². The van der Waals surface area contributed by atoms with Gasteiger partial charge in [-0.15, -0.1) is 0 Å². The zero-order valence-corrected chi connectivity index (χ0v) is 12.2. The lowest BCUT2D eigenvalue weighted by Crippen LogP contribution is -2.36. The molecule has 7 heteroatoms. The van der Waals surface area contributed by atoms with Crippen LogP contribution in [0, 0.1) is 22.0 Å². The number of nitro groups is 1. The van der Waals surface area contributed by atoms with Crippen molar-refractivity contribution in [3.05, 3.63) is 34.4 Å². The first-order valence-corrected chi connectivity index (χ1v) is 7.45. The SMILES string of the molecule is NC1CCC2CN(C(=O)COc3ccc([N+](=O)[O-])cc3)CC12. The maximum absolute atomic E-state index is 12.2. The van der Waals surface area contributed by atoms with Crippen LogP contribution in [0.2, 0.25) is 0 Å². The number of nitrogens with two attached hydrogens (primary N) is 1. The van der Waals surface area contributed by atoms with E-state index in [1.165, 1.54) is 24.3 Å². The molecule has 0 radical (unpaired) electrons. The van der Waals surface area contributed by atoms with E-state index in [2.05, 4.69) is 0 Å². The molecule has 2 aliphatic rings. The Bertz CT molecular complexity index is 575. The van der Waals surface area contributed by atoms with Crippen LogP contribution in [0.25, 0.3) is 0 Å². The Morgan fingerprint density at radius 3 is 2.68 bits per heavy atom. The number of nitro benzene ring substituents is 1. The molecule has 1 amide bonds. The average Bonchev–Trinajstić information content (AvgIpc) is 3.08. The molecule has 0 spiro atoms. The predicted molar refractivity (Wildman–Crippen MR) is 79.4 cm³/mol. The highest BCUT2D eigenvalue weighted by Crippen LogP contribution is 2.37. The second-order valence-corrected chi connectivity index (χ2v) is 6.00. The van der Waals surface area contributed by atoms with Crippen LogP contribution in [0.15, 0.2) is 24.3 Å². The number of amides is 1. The number of ether oxygens (including phenoxy) is 1. The number of rotatable bonds is 4. The van der Waals surface area contributed by atoms with Crippen molar-refractivity contribution in [1.29, 1.82) is 0 Å². The van der Waals surface area contributed by atoms with Crippen LogP contribution < -0.4 is 10.5 Å². The van der Waals surface area contributed by atoms with Crippen LogP contribution in [0.1, 0.15) is 12.8 Å². The first-order valence-electron chi connectivity index (χ1n) is 7.45. The van der Waals surface area contributed by atoms with Gasteiger partial charge in [-0.05, 0) is 36.8 Å². The monoisotopic (exact) mass is 305 g/mol. The second kappa shape index (κ2) is 5.92. The molecule has 3 rings (SSSR count). The van der Waals surface area contributed by atoms with Crippen LogP contribution in [0.3, 0.4) is 0 Å². The van der Waals surface area contributed by atoms with Crippen LogP contribution >= 0.6 is 0 Å². The molecular weight excluding hydrogens is 286 g/mol. The van der Waals surface area contributed by atoms with E-state index in [4.69, 9.17) is 10.5 Å². The van der Waals surface area contributed by atoms with Gasteiger partial charge in [-0.3, -0.25) is 14.9 Å². The molecule has 1 heterocycles. The summed E-state index contributed by atoms with van der Waals surface area (Å²) in [6.07, 6.45) is 2.15. The molecule has 7 nitrogen and oxygen atoms in total. The smallest absolute Gasteiger partial charge is 0.269 e. The third-order valence-corrected chi connectivity index (χ3v) is 4.67. The summed E-state index contributed by atoms with van der Waals surface area (Å²) in [6.45, 7) is 1.43. The highest BCUT2D eigenvalue weighted by atomic mass is 16.6. The van der Waals surface area contributed by atoms with Crippen molar-refractivity contribution >= 4 is 11.6 Å². The van der Waals surface area contributed by atoms with Crippen molar-refractivity contribution in [3.63, 3.8) is 0 Å². The minimum Gasteiger partial charge on any atom is -0.484 e. The topological polar surface area (TPSA) is 98.7 Å². The predicted octanol–water partition coefficient (Wildman–Crippen LogP) is 1.17. The number of fused-ring (bicyclic) bond motifs is 1. The molecular formula is C15H19N3O4. The summed E-state index contributed by atoms with van der Waals surface area (Å²) in [5.41, 5.74) is 6.06. The van der Waals surface area contributed by atoms with Crippen molar-refractivity contribution in [3.8, 4) is 5.75 Å². The number of non-ortho nitro benzene ring substituents is 1. The van der Waals surface area contributed by atoms with Crippen LogP contribution in [0.5, 0.6) is 5.75 Å². The Balaban J connectivity index is 1.51. The molecule has 22 heavy (non-hydrogen) atoms. The highest BCUT2D eigenvalue weighted by molar-refractivity contribution is 5.78. The Labute approximate surface area is 128 Å². The van der Waals surface area contributed by atoms with Crippen LogP contribution in [0.4, 0.5) is 5.69 Å². The number of carbonyl (C=O) groups is 1. The molecule has 1 saturated carbocycles. The third-order valence-electron chi connectivity index (χ3n) is 4.67. The third kappa shape index (κ3) is 2.89. The summed E-state index contributed by atoms with van der Waals surface area (Å²) in [4.78, 5) is 24.1. The van der Waals surface area contributed by atoms with Crippen molar-refractivity contribution in [2.24, 2.45) is 17.6 Å². The number of carbonyl (C=O) groups excluding carboxylic acids is 1. The van der Waals surface area contributed by atoms with Crippen molar-refractivity contribution in [2.45, 2.75) is 18.9 Å². The van der Waals surface area contributed by atoms with Gasteiger partial charge in [0, 0.05) is 31.3 Å². The lowest BCUT2D eigenvalue weighted by Gasteiger charge is -2.18. The number of nitrogens with zero attached hydrogens (tertiary/aromatic N) is 2. The molecule has 0 aromatic heterocycles. The maximum Gasteiger partial charge on any atom is 0.269 e. The summed E-state index contributed by atoms with van der Waals surface area (Å²) < 4.78 is 5.42. The van der Waals surface area contributed by atoms with E-state index in [1.54, 1.807) is 0 Å². The average molecular weight is 305 g/mol. The molecule has 2 N–H and O–H groups in total. The lowest BCUT2D eigenvalue weighted by atomic mass is 9.98. The Hall–Kier alpha value is -2.15. The van der Waals surface area contributed by atoms with Gasteiger partial charge in [0.2, 0.25) is 0 Å². The fourth-order valence-electron chi connectivity index (χ4n) is 3.41. The van der Waals surface area contributed by atoms with Gasteiger partial charge in [-0.25, -0.2) is 0 Å². The molecule has 0 bridgehead atoms. The van der Waals surface area contributed by atoms with E-state index in [0.29, 0.717) is 24.1 Å². The van der Waals surface area contributed by atoms with E-state index in [0.717, 1.165) is 19.4 Å². The molecule has 1 aromatic rings. The van der Waals surface area contributed by atoms with Crippen LogP contribution in [-0.2, 0) is 4.79 Å². The molecule has 1 aromatic carbocycles. The normalized spacial score (nSPS) is 26.8. The number of likely N-dealkylation sites (tertiary alicyclic amines) is 1. The zero-order chi connectivity index (χ0) is 15.7. The number of hydrogen-bond donors (Lipinski definition) is 1. The minimum absolute atomic E-state index is 0.0000299. The Morgan fingerprint density at radius 2 is 2.05 bits per heavy atom. The molecule has 1 aliphatic heterocycles. The van der Waals surface area contributed by atoms with Gasteiger partial charge in [-0.1, -0.05) is 0 Å². The van der Waals surface area contributed by atoms with E-state index in [-0.39, 0.29) is 24.2 Å². The zero-order valence-electron chi connectivity index (χ0n) is 12.2. The first kappa shape index (κ1) is 14.8. The Kier molecular flexibility index (Phi) is 3.98. The number of hydrogen-bond acceptors (Lipinski definition) is 5. The van der Waals surface area contributed by atoms with Crippen LogP contribution in [-0.4, -0.2) is 41.5 Å². The second-order valence-electron chi connectivity index (χ2n) is 6.00. The number of benzene rings is 1. The van der Waals surface area contributed by atoms with E-state index >= 15 is 0 Å². The fourth-order valence-corrected chi connectivity index (χ4v) is 3.41. The fraction of sp³-hybridized carbons (Fsp3) is 0.533. The summed E-state index contributed by atoms with van der Waals surface area (Å²) in [7, 11) is 0. The molecule has 3 unspecified atom stereocenters. The van der Waals surface area contributed by atoms with Crippen molar-refractivity contribution in [2.75, 3.05) is 19.7 Å². The van der Waals surface area contributed by atoms with Gasteiger partial charge in [-0.2, -0.15) is 0 Å². The molecule has 118 valence electrons. The van der Waals surface area contributed by atoms with Gasteiger partial charge in [0.25, 0.3) is 11.6 Å². The summed E-state index contributed by atoms with van der Waals surface area (Å²) in [5.74, 6) is 1.34. The molecule has 1 aliphatic carbocycles. The summed E-state index contributed by atoms with van der Waals surface area (Å²) >= 11 is 0. The van der Waals surface area contributed by atoms with Crippen molar-refractivity contribution < 1.29 is 14.5 Å². The van der Waals surface area contributed by atoms with Gasteiger partial charge in [0.1, 0.15) is 5.75 Å². The van der Waals surface area contributed by atoms with Gasteiger partial charge < -0.3 is 15.4 Å². The van der Waals surface area contributed by atoms with E-state index < -0.39 is 4.92 Å². The Morgan fingerprint density at radius 1 is 1.32 bits per heavy atom. The lowest BCUT2D eigenvalue weighted by molar-refractivity contribution is -0.384. The molecule has 3 atom stereocenters. The standard InChI is InChI=1S/C15H19N3O4/c16-14-6-1-10-7-17(8-13(10)14)15(19)9-22-12-4-2-11(3-5-12)18(20)21/h2-5,10,13-14H,1,6-9,16H2. The van der Waals surface area contributed by atoms with Gasteiger partial charge in [0.15, 0.2) is 6.61 Å². The first-order chi connectivity index (χ1) is 10.5. The van der Waals surface area contributed by atoms with Gasteiger partial charge in [0.05, 0.1) is 4.92 Å². The highest BCUT2D eigenvalue weighted by Gasteiger charge is 2.42. The maximum atomic E-state index is 12.2. The molecule has 1 saturated heterocycles. The largest absolute Gasteiger partial charge is 0.484 e. The van der Waals surface area contributed by atoms with E-state index in [1.807, 2.05) is 4.90 Å². The summed E-state index contributed by atoms with van der Waals surface area (Å²) in [6, 6.07) is 5.93.